The van der Waals surface area contributed by atoms with Gasteiger partial charge in [-0.05, 0) is 62.2 Å². The number of nitrogens with two attached hydrogens (primary N) is 1. The fourth-order valence-corrected chi connectivity index (χ4v) is 5.09. The number of hydrogen-bond acceptors (Lipinski definition) is 6. The highest BCUT2D eigenvalue weighted by Gasteiger charge is 2.57. The lowest BCUT2D eigenvalue weighted by Gasteiger charge is -2.31. The van der Waals surface area contributed by atoms with E-state index in [4.69, 9.17) is 10.5 Å². The lowest BCUT2D eigenvalue weighted by molar-refractivity contribution is -0.265. The largest absolute Gasteiger partial charge is 0.489 e. The number of carbonyl (C=O) groups is 2. The molecule has 1 fully saturated rings. The molecular formula is C29H24F5N5O4. The van der Waals surface area contributed by atoms with Gasteiger partial charge in [-0.15, -0.1) is 0 Å². The average Bonchev–Trinajstić information content (AvgIpc) is 3.61. The molecule has 1 aliphatic heterocycles. The van der Waals surface area contributed by atoms with Gasteiger partial charge in [0.05, 0.1) is 35.4 Å². The van der Waals surface area contributed by atoms with Gasteiger partial charge >= 0.3 is 6.18 Å². The highest BCUT2D eigenvalue weighted by atomic mass is 19.4. The maximum atomic E-state index is 14.8. The normalized spacial score (nSPS) is 19.5. The molecule has 2 aromatic carbocycles. The second-order valence-corrected chi connectivity index (χ2v) is 11.0. The number of halogens is 5. The summed E-state index contributed by atoms with van der Waals surface area (Å²) in [6.07, 6.45) is -2.44. The van der Waals surface area contributed by atoms with Crippen LogP contribution in [0.25, 0.3) is 22.2 Å². The smallest absolute Gasteiger partial charge is 0.424 e. The summed E-state index contributed by atoms with van der Waals surface area (Å²) in [5.41, 5.74) is -0.868. The Labute approximate surface area is 240 Å². The molecule has 9 nitrogen and oxygen atoms in total. The minimum Gasteiger partial charge on any atom is -0.489 e. The van der Waals surface area contributed by atoms with Crippen molar-refractivity contribution in [1.29, 1.82) is 0 Å². The maximum absolute atomic E-state index is 14.8. The Bertz CT molecular complexity index is 1790. The number of rotatable bonds is 7. The summed E-state index contributed by atoms with van der Waals surface area (Å²) < 4.78 is 79.5. The summed E-state index contributed by atoms with van der Waals surface area (Å²) in [6.45, 7) is -0.367. The van der Waals surface area contributed by atoms with Gasteiger partial charge in [0.1, 0.15) is 35.1 Å². The van der Waals surface area contributed by atoms with E-state index in [2.05, 4.69) is 15.4 Å². The predicted octanol–water partition coefficient (Wildman–Crippen LogP) is 4.03. The quantitative estimate of drug-likeness (QED) is 0.274. The molecule has 43 heavy (non-hydrogen) atoms. The van der Waals surface area contributed by atoms with E-state index in [9.17, 15) is 36.6 Å². The van der Waals surface area contributed by atoms with Gasteiger partial charge in [0.2, 0.25) is 11.5 Å². The molecule has 0 bridgehead atoms. The van der Waals surface area contributed by atoms with Crippen molar-refractivity contribution >= 4 is 22.7 Å². The second-order valence-electron chi connectivity index (χ2n) is 11.0. The van der Waals surface area contributed by atoms with Crippen LogP contribution >= 0.6 is 0 Å². The molecule has 4 aromatic rings. The number of benzene rings is 2. The highest BCUT2D eigenvalue weighted by Crippen LogP contribution is 2.47. The molecule has 2 amide bonds. The fourth-order valence-electron chi connectivity index (χ4n) is 5.09. The second kappa shape index (κ2) is 9.73. The van der Waals surface area contributed by atoms with E-state index >= 15 is 0 Å². The third-order valence-electron chi connectivity index (χ3n) is 7.95. The van der Waals surface area contributed by atoms with Gasteiger partial charge < -0.3 is 20.9 Å². The molecule has 3 heterocycles. The first-order chi connectivity index (χ1) is 20.2. The van der Waals surface area contributed by atoms with Crippen LogP contribution in [0.4, 0.5) is 22.0 Å². The van der Waals surface area contributed by atoms with Gasteiger partial charge in [-0.25, -0.2) is 13.8 Å². The van der Waals surface area contributed by atoms with Crippen LogP contribution in [0.15, 0.2) is 48.7 Å². The number of aliphatic hydroxyl groups is 1. The van der Waals surface area contributed by atoms with Crippen molar-refractivity contribution in [3.05, 3.63) is 77.1 Å². The summed E-state index contributed by atoms with van der Waals surface area (Å²) in [7, 11) is 0. The molecule has 14 heteroatoms. The van der Waals surface area contributed by atoms with Crippen molar-refractivity contribution in [1.82, 2.24) is 20.1 Å². The molecule has 2 aromatic heterocycles. The van der Waals surface area contributed by atoms with E-state index in [1.807, 2.05) is 0 Å². The van der Waals surface area contributed by atoms with Gasteiger partial charge in [0.25, 0.3) is 5.91 Å². The maximum Gasteiger partial charge on any atom is 0.424 e. The topological polar surface area (TPSA) is 132 Å². The van der Waals surface area contributed by atoms with Crippen LogP contribution in [-0.4, -0.2) is 51.0 Å². The molecule has 2 aliphatic rings. The van der Waals surface area contributed by atoms with Crippen LogP contribution in [0, 0.1) is 11.6 Å². The van der Waals surface area contributed by atoms with Crippen molar-refractivity contribution in [2.45, 2.75) is 43.0 Å². The minimum absolute atomic E-state index is 0.0433. The molecule has 6 rings (SSSR count). The lowest BCUT2D eigenvalue weighted by Crippen LogP contribution is -2.51. The predicted molar refractivity (Wildman–Crippen MR) is 142 cm³/mol. The van der Waals surface area contributed by atoms with Gasteiger partial charge in [-0.2, -0.15) is 18.3 Å². The zero-order valence-electron chi connectivity index (χ0n) is 22.5. The molecule has 1 saturated carbocycles. The highest BCUT2D eigenvalue weighted by molar-refractivity contribution is 5.98. The van der Waals surface area contributed by atoms with Crippen molar-refractivity contribution in [3.8, 4) is 17.0 Å². The molecule has 2 atom stereocenters. The molecule has 0 spiro atoms. The Kier molecular flexibility index (Phi) is 6.45. The number of fused-ring (bicyclic) bond motifs is 2. The Balaban J connectivity index is 1.41. The number of aromatic nitrogens is 3. The number of pyridine rings is 1. The van der Waals surface area contributed by atoms with Crippen molar-refractivity contribution in [3.63, 3.8) is 0 Å². The van der Waals surface area contributed by atoms with Crippen LogP contribution in [0.1, 0.15) is 47.4 Å². The zero-order valence-corrected chi connectivity index (χ0v) is 22.5. The third-order valence-corrected chi connectivity index (χ3v) is 7.95. The summed E-state index contributed by atoms with van der Waals surface area (Å²) in [5, 5.41) is 17.5. The van der Waals surface area contributed by atoms with E-state index in [1.165, 1.54) is 31.3 Å². The van der Waals surface area contributed by atoms with Gasteiger partial charge in [-0.3, -0.25) is 14.3 Å². The first-order valence-electron chi connectivity index (χ1n) is 13.2. The minimum atomic E-state index is -5.40. The first kappa shape index (κ1) is 28.5. The van der Waals surface area contributed by atoms with Crippen LogP contribution < -0.4 is 15.8 Å². The number of primary amides is 1. The van der Waals surface area contributed by atoms with Gasteiger partial charge in [0.15, 0.2) is 0 Å². The lowest BCUT2D eigenvalue weighted by atomic mass is 9.81. The van der Waals surface area contributed by atoms with Gasteiger partial charge in [-0.1, -0.05) is 0 Å². The molecule has 0 radical (unpaired) electrons. The monoisotopic (exact) mass is 601 g/mol. The number of amides is 2. The number of nitrogens with one attached hydrogen (secondary N) is 1. The van der Waals surface area contributed by atoms with E-state index < -0.39 is 52.9 Å². The number of alkyl halides is 3. The van der Waals surface area contributed by atoms with Crippen LogP contribution in [-0.2, 0) is 15.8 Å². The number of nitrogens with zero attached hydrogens (tertiary/aromatic N) is 3. The fraction of sp³-hybridized carbons (Fsp3) is 0.310. The number of carbonyl (C=O) groups excluding carboxylic acids is 2. The van der Waals surface area contributed by atoms with Crippen molar-refractivity contribution < 1.29 is 41.4 Å². The Morgan fingerprint density at radius 2 is 1.86 bits per heavy atom. The average molecular weight is 602 g/mol. The Morgan fingerprint density at radius 3 is 2.49 bits per heavy atom. The Hall–Kier alpha value is -4.59. The zero-order chi connectivity index (χ0) is 30.9. The summed E-state index contributed by atoms with van der Waals surface area (Å²) in [6, 6.07) is 7.70. The summed E-state index contributed by atoms with van der Waals surface area (Å²) in [4.78, 5) is 29.5. The molecule has 1 aliphatic carbocycles. The van der Waals surface area contributed by atoms with E-state index in [-0.39, 0.29) is 46.2 Å². The summed E-state index contributed by atoms with van der Waals surface area (Å²) >= 11 is 0. The molecule has 1 unspecified atom stereocenters. The SMILES string of the molecule is C[C@]1(C(N)=O)COc2c1cc(C(O)(CNC(=O)c1cc(F)c3cnn(C4CC4)c3c1)C(F)(F)F)nc2-c1ccc(F)cc1. The van der Waals surface area contributed by atoms with E-state index in [1.54, 1.807) is 4.68 Å². The van der Waals surface area contributed by atoms with Crippen molar-refractivity contribution in [2.75, 3.05) is 13.2 Å². The third kappa shape index (κ3) is 4.65. The van der Waals surface area contributed by atoms with Crippen LogP contribution in [0.2, 0.25) is 0 Å². The standard InChI is InChI=1S/C29H24F5N5O4/c1-27(26(35)41)13-43-24-19(27)10-22(38-23(24)14-2-4-16(30)5-3-14)28(42,29(32,33)34)12-36-25(40)15-8-20(31)18-11-37-39(17-6-7-17)21(18)9-15/h2-5,8-11,17,42H,6-7,12-13H2,1H3,(H2,35,41)(H,36,40)/t27-,28?/m0/s1. The van der Waals surface area contributed by atoms with Crippen molar-refractivity contribution in [2.24, 2.45) is 5.73 Å². The van der Waals surface area contributed by atoms with E-state index in [0.29, 0.717) is 5.52 Å². The molecule has 4 N–H and O–H groups in total. The first-order valence-corrected chi connectivity index (χ1v) is 13.2. The Morgan fingerprint density at radius 1 is 1.16 bits per heavy atom. The molecule has 0 saturated heterocycles. The van der Waals surface area contributed by atoms with Crippen LogP contribution in [0.3, 0.4) is 0 Å². The van der Waals surface area contributed by atoms with Crippen LogP contribution in [0.5, 0.6) is 5.75 Å². The molecular weight excluding hydrogens is 577 g/mol. The van der Waals surface area contributed by atoms with E-state index in [0.717, 1.165) is 37.1 Å². The molecule has 224 valence electrons. The van der Waals surface area contributed by atoms with Gasteiger partial charge in [0, 0.05) is 16.7 Å². The summed E-state index contributed by atoms with van der Waals surface area (Å²) in [5.74, 6) is -3.45. The number of hydrogen-bond donors (Lipinski definition) is 3. The number of ether oxygens (including phenoxy) is 1.